The van der Waals surface area contributed by atoms with Crippen LogP contribution in [0, 0.1) is 3.57 Å². The molecule has 20 heavy (non-hydrogen) atoms. The van der Waals surface area contributed by atoms with Crippen molar-refractivity contribution in [2.45, 2.75) is 19.9 Å². The van der Waals surface area contributed by atoms with Crippen LogP contribution in [-0.2, 0) is 6.54 Å². The number of hydrogen-bond acceptors (Lipinski definition) is 2. The van der Waals surface area contributed by atoms with Gasteiger partial charge in [0.1, 0.15) is 11.5 Å². The highest BCUT2D eigenvalue weighted by Crippen LogP contribution is 2.30. The van der Waals surface area contributed by atoms with Gasteiger partial charge >= 0.3 is 0 Å². The molecule has 4 heteroatoms. The lowest BCUT2D eigenvalue weighted by Gasteiger charge is -2.13. The van der Waals surface area contributed by atoms with Crippen LogP contribution in [0.15, 0.2) is 42.5 Å². The summed E-state index contributed by atoms with van der Waals surface area (Å²) >= 11 is 8.56. The maximum atomic E-state index is 6.28. The zero-order valence-corrected chi connectivity index (χ0v) is 14.2. The van der Waals surface area contributed by atoms with Crippen molar-refractivity contribution in [3.8, 4) is 11.5 Å². The van der Waals surface area contributed by atoms with Crippen molar-refractivity contribution in [2.75, 3.05) is 6.54 Å². The Morgan fingerprint density at radius 3 is 2.75 bits per heavy atom. The topological polar surface area (TPSA) is 21.3 Å². The van der Waals surface area contributed by atoms with Crippen molar-refractivity contribution in [3.05, 3.63) is 56.6 Å². The average Bonchev–Trinajstić information content (AvgIpc) is 2.42. The zero-order chi connectivity index (χ0) is 14.4. The maximum Gasteiger partial charge on any atom is 0.133 e. The minimum atomic E-state index is 0.715. The summed E-state index contributed by atoms with van der Waals surface area (Å²) in [4.78, 5) is 0. The number of halogens is 2. The van der Waals surface area contributed by atoms with Crippen LogP contribution in [0.2, 0.25) is 5.02 Å². The SMILES string of the molecule is CCCNCc1c(Cl)cccc1Oc1cccc(I)c1. The van der Waals surface area contributed by atoms with Crippen molar-refractivity contribution in [3.63, 3.8) is 0 Å². The zero-order valence-electron chi connectivity index (χ0n) is 11.3. The molecule has 2 aromatic rings. The summed E-state index contributed by atoms with van der Waals surface area (Å²) in [5, 5.41) is 4.10. The Hall–Kier alpha value is -0.780. The van der Waals surface area contributed by atoms with Gasteiger partial charge in [0.2, 0.25) is 0 Å². The van der Waals surface area contributed by atoms with Crippen LogP contribution in [0.25, 0.3) is 0 Å². The lowest BCUT2D eigenvalue weighted by molar-refractivity contribution is 0.472. The first kappa shape index (κ1) is 15.6. The second-order valence-corrected chi connectivity index (χ2v) is 6.11. The predicted molar refractivity (Wildman–Crippen MR) is 92.7 cm³/mol. The van der Waals surface area contributed by atoms with E-state index in [-0.39, 0.29) is 0 Å². The van der Waals surface area contributed by atoms with E-state index in [9.17, 15) is 0 Å². The molecule has 0 fully saturated rings. The number of ether oxygens (including phenoxy) is 1. The smallest absolute Gasteiger partial charge is 0.133 e. The molecule has 0 heterocycles. The number of nitrogens with one attached hydrogen (secondary N) is 1. The predicted octanol–water partition coefficient (Wildman–Crippen LogP) is 5.24. The highest BCUT2D eigenvalue weighted by molar-refractivity contribution is 14.1. The molecule has 0 radical (unpaired) electrons. The Bertz CT molecular complexity index is 574. The van der Waals surface area contributed by atoms with Crippen LogP contribution in [0.3, 0.4) is 0 Å². The van der Waals surface area contributed by atoms with Gasteiger partial charge in [-0.05, 0) is 65.9 Å². The summed E-state index contributed by atoms with van der Waals surface area (Å²) < 4.78 is 7.12. The van der Waals surface area contributed by atoms with Gasteiger partial charge in [-0.1, -0.05) is 30.7 Å². The lowest BCUT2D eigenvalue weighted by atomic mass is 10.2. The van der Waals surface area contributed by atoms with Gasteiger partial charge in [-0.2, -0.15) is 0 Å². The van der Waals surface area contributed by atoms with Gasteiger partial charge in [-0.25, -0.2) is 0 Å². The van der Waals surface area contributed by atoms with E-state index < -0.39 is 0 Å². The van der Waals surface area contributed by atoms with Gasteiger partial charge in [0.15, 0.2) is 0 Å². The van der Waals surface area contributed by atoms with Crippen LogP contribution >= 0.6 is 34.2 Å². The minimum Gasteiger partial charge on any atom is -0.457 e. The summed E-state index contributed by atoms with van der Waals surface area (Å²) in [5.41, 5.74) is 1.00. The maximum absolute atomic E-state index is 6.28. The Labute approximate surface area is 138 Å². The van der Waals surface area contributed by atoms with Gasteiger partial charge in [-0.3, -0.25) is 0 Å². The van der Waals surface area contributed by atoms with Crippen LogP contribution in [0.1, 0.15) is 18.9 Å². The van der Waals surface area contributed by atoms with Gasteiger partial charge < -0.3 is 10.1 Å². The molecule has 0 amide bonds. The van der Waals surface area contributed by atoms with Gasteiger partial charge in [0, 0.05) is 20.7 Å². The van der Waals surface area contributed by atoms with Crippen LogP contribution in [0.5, 0.6) is 11.5 Å². The van der Waals surface area contributed by atoms with Gasteiger partial charge in [0.25, 0.3) is 0 Å². The Kier molecular flexibility index (Phi) is 6.13. The fraction of sp³-hybridized carbons (Fsp3) is 0.250. The summed E-state index contributed by atoms with van der Waals surface area (Å²) in [6.07, 6.45) is 1.09. The summed E-state index contributed by atoms with van der Waals surface area (Å²) in [6.45, 7) is 3.82. The number of hydrogen-bond donors (Lipinski definition) is 1. The largest absolute Gasteiger partial charge is 0.457 e. The summed E-state index contributed by atoms with van der Waals surface area (Å²) in [6, 6.07) is 13.7. The van der Waals surface area contributed by atoms with E-state index in [1.54, 1.807) is 0 Å². The Morgan fingerprint density at radius 1 is 1.20 bits per heavy atom. The summed E-state index contributed by atoms with van der Waals surface area (Å²) in [5.74, 6) is 1.64. The molecule has 0 aromatic heterocycles. The quantitative estimate of drug-likeness (QED) is 0.528. The first-order chi connectivity index (χ1) is 9.70. The van der Waals surface area contributed by atoms with Crippen molar-refractivity contribution in [2.24, 2.45) is 0 Å². The second kappa shape index (κ2) is 7.86. The van der Waals surface area contributed by atoms with E-state index in [4.69, 9.17) is 16.3 Å². The van der Waals surface area contributed by atoms with Gasteiger partial charge in [-0.15, -0.1) is 0 Å². The van der Waals surface area contributed by atoms with E-state index >= 15 is 0 Å². The van der Waals surface area contributed by atoms with Crippen molar-refractivity contribution in [1.29, 1.82) is 0 Å². The van der Waals surface area contributed by atoms with Crippen LogP contribution in [0.4, 0.5) is 0 Å². The van der Waals surface area contributed by atoms with Gasteiger partial charge in [0.05, 0.1) is 0 Å². The molecule has 1 N–H and O–H groups in total. The lowest BCUT2D eigenvalue weighted by Crippen LogP contribution is -2.14. The first-order valence-electron chi connectivity index (χ1n) is 6.62. The molecule has 0 bridgehead atoms. The third-order valence-corrected chi connectivity index (χ3v) is 3.85. The Balaban J connectivity index is 2.20. The molecule has 2 rings (SSSR count). The second-order valence-electron chi connectivity index (χ2n) is 4.45. The third-order valence-electron chi connectivity index (χ3n) is 2.83. The molecule has 0 atom stereocenters. The van der Waals surface area contributed by atoms with E-state index in [0.29, 0.717) is 6.54 Å². The first-order valence-corrected chi connectivity index (χ1v) is 8.08. The molecule has 0 aliphatic carbocycles. The standard InChI is InChI=1S/C16H17ClINO/c1-2-9-19-11-14-15(17)7-4-8-16(14)20-13-6-3-5-12(18)10-13/h3-8,10,19H,2,9,11H2,1H3. The van der Waals surface area contributed by atoms with E-state index in [0.717, 1.165) is 38.6 Å². The van der Waals surface area contributed by atoms with Crippen molar-refractivity contribution >= 4 is 34.2 Å². The molecule has 0 unspecified atom stereocenters. The molecule has 2 nitrogen and oxygen atoms in total. The molecule has 2 aromatic carbocycles. The molecule has 106 valence electrons. The fourth-order valence-corrected chi connectivity index (χ4v) is 2.60. The highest BCUT2D eigenvalue weighted by atomic mass is 127. The Morgan fingerprint density at radius 2 is 2.00 bits per heavy atom. The van der Waals surface area contributed by atoms with E-state index in [2.05, 4.69) is 34.8 Å². The summed E-state index contributed by atoms with van der Waals surface area (Å²) in [7, 11) is 0. The number of rotatable bonds is 6. The van der Waals surface area contributed by atoms with Crippen molar-refractivity contribution < 1.29 is 4.74 Å². The molecular weight excluding hydrogens is 385 g/mol. The van der Waals surface area contributed by atoms with Crippen LogP contribution in [-0.4, -0.2) is 6.54 Å². The molecule has 0 spiro atoms. The molecule has 0 aliphatic heterocycles. The highest BCUT2D eigenvalue weighted by Gasteiger charge is 2.09. The molecular formula is C16H17ClINO. The molecule has 0 aliphatic rings. The number of benzene rings is 2. The van der Waals surface area contributed by atoms with Crippen LogP contribution < -0.4 is 10.1 Å². The van der Waals surface area contributed by atoms with Crippen molar-refractivity contribution in [1.82, 2.24) is 5.32 Å². The molecule has 0 saturated carbocycles. The average molecular weight is 402 g/mol. The van der Waals surface area contributed by atoms with E-state index in [1.165, 1.54) is 0 Å². The monoisotopic (exact) mass is 401 g/mol. The fourth-order valence-electron chi connectivity index (χ4n) is 1.85. The normalized spacial score (nSPS) is 10.6. The molecule has 0 saturated heterocycles. The van der Waals surface area contributed by atoms with E-state index in [1.807, 2.05) is 42.5 Å². The minimum absolute atomic E-state index is 0.715. The third kappa shape index (κ3) is 4.36.